The number of aromatic nitrogens is 3. The van der Waals surface area contributed by atoms with Crippen molar-refractivity contribution >= 4 is 11.9 Å². The molecule has 0 aliphatic rings. The van der Waals surface area contributed by atoms with Gasteiger partial charge in [-0.2, -0.15) is 0 Å². The molecule has 1 heterocycles. The molecule has 1 amide bonds. The number of esters is 1. The lowest BCUT2D eigenvalue weighted by molar-refractivity contribution is -0.134. The van der Waals surface area contributed by atoms with Crippen LogP contribution in [0.3, 0.4) is 0 Å². The molecule has 1 unspecified atom stereocenters. The zero-order valence-corrected chi connectivity index (χ0v) is 13.0. The van der Waals surface area contributed by atoms with Crippen molar-refractivity contribution in [3.63, 3.8) is 0 Å². The Labute approximate surface area is 124 Å². The van der Waals surface area contributed by atoms with Gasteiger partial charge in [0.15, 0.2) is 5.69 Å². The molecule has 1 atom stereocenters. The number of nitrogens with two attached hydrogens (primary N) is 1. The zero-order chi connectivity index (χ0) is 16.0. The summed E-state index contributed by atoms with van der Waals surface area (Å²) in [5.74, 6) is -0.647. The van der Waals surface area contributed by atoms with Gasteiger partial charge in [-0.3, -0.25) is 4.79 Å². The Hall–Kier alpha value is -1.96. The van der Waals surface area contributed by atoms with Crippen LogP contribution in [0, 0.1) is 0 Å². The van der Waals surface area contributed by atoms with Gasteiger partial charge in [-0.1, -0.05) is 5.21 Å². The molecule has 0 spiro atoms. The Morgan fingerprint density at radius 2 is 2.00 bits per heavy atom. The first kappa shape index (κ1) is 17.1. The van der Waals surface area contributed by atoms with Crippen LogP contribution in [0.15, 0.2) is 0 Å². The number of carbonyl (C=O) groups excluding carboxylic acids is 2. The number of hydrogen-bond acceptors (Lipinski definition) is 6. The van der Waals surface area contributed by atoms with E-state index in [2.05, 4.69) is 15.0 Å². The van der Waals surface area contributed by atoms with Gasteiger partial charge in [-0.15, -0.1) is 5.10 Å². The fraction of sp³-hybridized carbons (Fsp3) is 0.692. The van der Waals surface area contributed by atoms with E-state index in [1.54, 1.807) is 11.8 Å². The Bertz CT molecular complexity index is 496. The van der Waals surface area contributed by atoms with Gasteiger partial charge in [-0.25, -0.2) is 9.48 Å². The predicted molar refractivity (Wildman–Crippen MR) is 76.8 cm³/mol. The van der Waals surface area contributed by atoms with E-state index in [0.717, 1.165) is 0 Å². The summed E-state index contributed by atoms with van der Waals surface area (Å²) < 4.78 is 6.13. The van der Waals surface area contributed by atoms with E-state index in [1.807, 2.05) is 13.8 Å². The second kappa shape index (κ2) is 7.72. The highest BCUT2D eigenvalue weighted by atomic mass is 16.5. The van der Waals surface area contributed by atoms with E-state index in [4.69, 9.17) is 5.73 Å². The highest BCUT2D eigenvalue weighted by Gasteiger charge is 2.27. The maximum absolute atomic E-state index is 12.4. The van der Waals surface area contributed by atoms with E-state index in [-0.39, 0.29) is 11.6 Å². The fourth-order valence-electron chi connectivity index (χ4n) is 2.15. The van der Waals surface area contributed by atoms with Gasteiger partial charge >= 0.3 is 5.97 Å². The second-order valence-corrected chi connectivity index (χ2v) is 4.55. The standard InChI is InChI=1S/C13H23N5O3/c1-5-17(6-2)12(19)9(3)18-10(7-8-14)11(15-16-18)13(20)21-4/h9H,5-8,14H2,1-4H3. The maximum atomic E-state index is 12.4. The first-order valence-corrected chi connectivity index (χ1v) is 7.02. The van der Waals surface area contributed by atoms with Crippen molar-refractivity contribution in [1.29, 1.82) is 0 Å². The van der Waals surface area contributed by atoms with Crippen LogP contribution in [0.1, 0.15) is 43.0 Å². The van der Waals surface area contributed by atoms with Gasteiger partial charge in [0, 0.05) is 19.5 Å². The normalized spacial score (nSPS) is 12.0. The smallest absolute Gasteiger partial charge is 0.360 e. The molecule has 0 saturated carbocycles. The third-order valence-corrected chi connectivity index (χ3v) is 3.35. The average Bonchev–Trinajstić information content (AvgIpc) is 2.91. The summed E-state index contributed by atoms with van der Waals surface area (Å²) in [5, 5.41) is 7.77. The number of ether oxygens (including phenoxy) is 1. The molecule has 1 rings (SSSR count). The van der Waals surface area contributed by atoms with Crippen LogP contribution in [-0.2, 0) is 16.0 Å². The number of methoxy groups -OCH3 is 1. The predicted octanol–water partition coefficient (Wildman–Crippen LogP) is -0.00470. The molecule has 0 bridgehead atoms. The lowest BCUT2D eigenvalue weighted by atomic mass is 10.2. The molecular formula is C13H23N5O3. The Morgan fingerprint density at radius 3 is 2.48 bits per heavy atom. The molecule has 0 aliphatic carbocycles. The minimum atomic E-state index is -0.577. The average molecular weight is 297 g/mol. The van der Waals surface area contributed by atoms with Gasteiger partial charge in [-0.05, 0) is 27.3 Å². The summed E-state index contributed by atoms with van der Waals surface area (Å²) in [6.07, 6.45) is 0.396. The molecule has 0 fully saturated rings. The molecule has 21 heavy (non-hydrogen) atoms. The minimum Gasteiger partial charge on any atom is -0.464 e. The molecule has 1 aromatic rings. The molecule has 0 radical (unpaired) electrons. The van der Waals surface area contributed by atoms with E-state index < -0.39 is 12.0 Å². The van der Waals surface area contributed by atoms with Crippen LogP contribution in [0.5, 0.6) is 0 Å². The van der Waals surface area contributed by atoms with E-state index in [0.29, 0.717) is 31.7 Å². The maximum Gasteiger partial charge on any atom is 0.360 e. The summed E-state index contributed by atoms with van der Waals surface area (Å²) in [6, 6.07) is -0.544. The van der Waals surface area contributed by atoms with Crippen LogP contribution in [-0.4, -0.2) is 58.5 Å². The lowest BCUT2D eigenvalue weighted by Gasteiger charge is -2.23. The topological polar surface area (TPSA) is 103 Å². The quantitative estimate of drug-likeness (QED) is 0.710. The highest BCUT2D eigenvalue weighted by Crippen LogP contribution is 2.16. The molecule has 0 saturated heterocycles. The Balaban J connectivity index is 3.14. The monoisotopic (exact) mass is 297 g/mol. The van der Waals surface area contributed by atoms with Crippen molar-refractivity contribution < 1.29 is 14.3 Å². The molecule has 8 nitrogen and oxygen atoms in total. The third-order valence-electron chi connectivity index (χ3n) is 3.35. The SMILES string of the molecule is CCN(CC)C(=O)C(C)n1nnc(C(=O)OC)c1CCN. The zero-order valence-electron chi connectivity index (χ0n) is 13.0. The van der Waals surface area contributed by atoms with Crippen LogP contribution >= 0.6 is 0 Å². The summed E-state index contributed by atoms with van der Waals surface area (Å²) in [7, 11) is 1.28. The number of amides is 1. The molecule has 1 aromatic heterocycles. The van der Waals surface area contributed by atoms with Gasteiger partial charge in [0.1, 0.15) is 6.04 Å². The van der Waals surface area contributed by atoms with Crippen molar-refractivity contribution in [2.45, 2.75) is 33.2 Å². The van der Waals surface area contributed by atoms with Crippen LogP contribution in [0.2, 0.25) is 0 Å². The number of rotatable bonds is 7. The highest BCUT2D eigenvalue weighted by molar-refractivity contribution is 5.88. The Kier molecular flexibility index (Phi) is 6.29. The van der Waals surface area contributed by atoms with Crippen LogP contribution < -0.4 is 5.73 Å². The summed E-state index contributed by atoms with van der Waals surface area (Å²) in [5.41, 5.74) is 6.21. The van der Waals surface area contributed by atoms with Gasteiger partial charge in [0.2, 0.25) is 5.91 Å². The molecular weight excluding hydrogens is 274 g/mol. The number of carbonyl (C=O) groups is 2. The molecule has 0 aromatic carbocycles. The third kappa shape index (κ3) is 3.57. The molecule has 2 N–H and O–H groups in total. The van der Waals surface area contributed by atoms with Crippen molar-refractivity contribution in [3.8, 4) is 0 Å². The summed E-state index contributed by atoms with van der Waals surface area (Å²) in [4.78, 5) is 25.8. The number of hydrogen-bond donors (Lipinski definition) is 1. The minimum absolute atomic E-state index is 0.0698. The van der Waals surface area contributed by atoms with Gasteiger partial charge in [0.25, 0.3) is 0 Å². The van der Waals surface area contributed by atoms with Crippen molar-refractivity contribution in [1.82, 2.24) is 19.9 Å². The van der Waals surface area contributed by atoms with Gasteiger partial charge in [0.05, 0.1) is 12.8 Å². The lowest BCUT2D eigenvalue weighted by Crippen LogP contribution is -2.37. The van der Waals surface area contributed by atoms with Crippen LogP contribution in [0.4, 0.5) is 0 Å². The van der Waals surface area contributed by atoms with Crippen LogP contribution in [0.25, 0.3) is 0 Å². The van der Waals surface area contributed by atoms with E-state index >= 15 is 0 Å². The number of likely N-dealkylation sites (N-methyl/N-ethyl adjacent to an activating group) is 1. The first-order valence-electron chi connectivity index (χ1n) is 7.02. The van der Waals surface area contributed by atoms with E-state index in [1.165, 1.54) is 11.8 Å². The van der Waals surface area contributed by atoms with Gasteiger partial charge < -0.3 is 15.4 Å². The second-order valence-electron chi connectivity index (χ2n) is 4.55. The Morgan fingerprint density at radius 1 is 1.38 bits per heavy atom. The fourth-order valence-corrected chi connectivity index (χ4v) is 2.15. The van der Waals surface area contributed by atoms with Crippen molar-refractivity contribution in [3.05, 3.63) is 11.4 Å². The van der Waals surface area contributed by atoms with E-state index in [9.17, 15) is 9.59 Å². The number of nitrogens with zero attached hydrogens (tertiary/aromatic N) is 4. The summed E-state index contributed by atoms with van der Waals surface area (Å²) >= 11 is 0. The first-order chi connectivity index (χ1) is 10.0. The molecule has 118 valence electrons. The van der Waals surface area contributed by atoms with Crippen molar-refractivity contribution in [2.24, 2.45) is 5.73 Å². The van der Waals surface area contributed by atoms with Crippen molar-refractivity contribution in [2.75, 3.05) is 26.7 Å². The molecule has 8 heteroatoms. The molecule has 0 aliphatic heterocycles. The summed E-state index contributed by atoms with van der Waals surface area (Å²) in [6.45, 7) is 7.11. The largest absolute Gasteiger partial charge is 0.464 e.